The van der Waals surface area contributed by atoms with E-state index in [1.54, 1.807) is 0 Å². The molecule has 2 aliphatic rings. The first-order valence-electron chi connectivity index (χ1n) is 9.83. The van der Waals surface area contributed by atoms with Crippen LogP contribution < -0.4 is 0 Å². The third-order valence-electron chi connectivity index (χ3n) is 5.73. The van der Waals surface area contributed by atoms with Crippen LogP contribution in [0, 0.1) is 5.92 Å². The number of hydrogen-bond acceptors (Lipinski definition) is 2. The van der Waals surface area contributed by atoms with Gasteiger partial charge in [-0.15, -0.1) is 0 Å². The first kappa shape index (κ1) is 18.0. The average molecular weight is 342 g/mol. The van der Waals surface area contributed by atoms with E-state index in [0.717, 1.165) is 50.8 Å². The molecule has 25 heavy (non-hydrogen) atoms. The van der Waals surface area contributed by atoms with Crippen molar-refractivity contribution in [3.05, 3.63) is 35.9 Å². The quantitative estimate of drug-likeness (QED) is 0.841. The van der Waals surface area contributed by atoms with Crippen LogP contribution in [-0.4, -0.2) is 47.8 Å². The Morgan fingerprint density at radius 3 is 2.20 bits per heavy atom. The van der Waals surface area contributed by atoms with E-state index in [9.17, 15) is 9.59 Å². The zero-order valence-corrected chi connectivity index (χ0v) is 15.3. The van der Waals surface area contributed by atoms with Gasteiger partial charge in [-0.2, -0.15) is 0 Å². The van der Waals surface area contributed by atoms with E-state index in [2.05, 4.69) is 6.92 Å². The molecular weight excluding hydrogens is 312 g/mol. The topological polar surface area (TPSA) is 40.6 Å². The van der Waals surface area contributed by atoms with Gasteiger partial charge >= 0.3 is 0 Å². The Bertz CT molecular complexity index is 573. The predicted octanol–water partition coefficient (Wildman–Crippen LogP) is 3.43. The SMILES string of the molecule is CCC(C(=O)N1CCC(C(=O)N2CCCCC2)CC1)c1ccccc1. The van der Waals surface area contributed by atoms with Crippen molar-refractivity contribution >= 4 is 11.8 Å². The molecule has 0 bridgehead atoms. The molecule has 1 aromatic rings. The van der Waals surface area contributed by atoms with E-state index in [-0.39, 0.29) is 17.7 Å². The minimum absolute atomic E-state index is 0.0597. The van der Waals surface area contributed by atoms with Crippen LogP contribution in [-0.2, 0) is 9.59 Å². The lowest BCUT2D eigenvalue weighted by Gasteiger charge is -2.36. The van der Waals surface area contributed by atoms with Crippen LogP contribution in [0.1, 0.15) is 56.9 Å². The van der Waals surface area contributed by atoms with E-state index >= 15 is 0 Å². The molecule has 3 rings (SSSR count). The summed E-state index contributed by atoms with van der Waals surface area (Å²) in [4.78, 5) is 29.6. The van der Waals surface area contributed by atoms with Gasteiger partial charge in [0, 0.05) is 32.1 Å². The molecule has 136 valence electrons. The van der Waals surface area contributed by atoms with Gasteiger partial charge in [0.15, 0.2) is 0 Å². The Kier molecular flexibility index (Phi) is 6.11. The lowest BCUT2D eigenvalue weighted by Crippen LogP contribution is -2.46. The molecule has 2 amide bonds. The normalized spacial score (nSPS) is 20.4. The largest absolute Gasteiger partial charge is 0.342 e. The van der Waals surface area contributed by atoms with Crippen LogP contribution in [0.5, 0.6) is 0 Å². The highest BCUT2D eigenvalue weighted by molar-refractivity contribution is 5.84. The molecule has 1 unspecified atom stereocenters. The smallest absolute Gasteiger partial charge is 0.230 e. The summed E-state index contributed by atoms with van der Waals surface area (Å²) in [5.74, 6) is 0.592. The Morgan fingerprint density at radius 2 is 1.60 bits per heavy atom. The summed E-state index contributed by atoms with van der Waals surface area (Å²) < 4.78 is 0. The van der Waals surface area contributed by atoms with Crippen molar-refractivity contribution in [1.82, 2.24) is 9.80 Å². The Labute approximate surface area is 151 Å². The zero-order valence-electron chi connectivity index (χ0n) is 15.3. The summed E-state index contributed by atoms with van der Waals surface area (Å²) in [6.07, 6.45) is 5.96. The Hall–Kier alpha value is -1.84. The molecule has 2 aliphatic heterocycles. The average Bonchev–Trinajstić information content (AvgIpc) is 2.69. The molecule has 0 aromatic heterocycles. The van der Waals surface area contributed by atoms with Crippen molar-refractivity contribution in [2.75, 3.05) is 26.2 Å². The summed E-state index contributed by atoms with van der Waals surface area (Å²) in [6, 6.07) is 10.1. The van der Waals surface area contributed by atoms with E-state index in [1.807, 2.05) is 40.1 Å². The van der Waals surface area contributed by atoms with Crippen molar-refractivity contribution < 1.29 is 9.59 Å². The van der Waals surface area contributed by atoms with Gasteiger partial charge in [0.1, 0.15) is 0 Å². The minimum atomic E-state index is -0.0597. The summed E-state index contributed by atoms with van der Waals surface area (Å²) >= 11 is 0. The maximum Gasteiger partial charge on any atom is 0.230 e. The number of rotatable bonds is 4. The number of amides is 2. The fourth-order valence-corrected chi connectivity index (χ4v) is 4.18. The molecule has 0 aliphatic carbocycles. The molecule has 2 fully saturated rings. The van der Waals surface area contributed by atoms with Crippen molar-refractivity contribution in [2.24, 2.45) is 5.92 Å². The van der Waals surface area contributed by atoms with Crippen molar-refractivity contribution in [3.63, 3.8) is 0 Å². The van der Waals surface area contributed by atoms with Gasteiger partial charge in [-0.05, 0) is 44.1 Å². The van der Waals surface area contributed by atoms with Gasteiger partial charge in [0.05, 0.1) is 5.92 Å². The highest BCUT2D eigenvalue weighted by Gasteiger charge is 2.32. The van der Waals surface area contributed by atoms with Gasteiger partial charge in [-0.25, -0.2) is 0 Å². The number of carbonyl (C=O) groups excluding carboxylic acids is 2. The molecule has 0 spiro atoms. The standard InChI is InChI=1S/C21H30N2O2/c1-2-19(17-9-5-3-6-10-17)21(25)23-15-11-18(12-16-23)20(24)22-13-7-4-8-14-22/h3,5-6,9-10,18-19H,2,4,7-8,11-16H2,1H3. The molecule has 1 atom stereocenters. The van der Waals surface area contributed by atoms with Gasteiger partial charge in [-0.1, -0.05) is 37.3 Å². The number of piperidine rings is 2. The number of carbonyl (C=O) groups is 2. The maximum atomic E-state index is 12.9. The fraction of sp³-hybridized carbons (Fsp3) is 0.619. The highest BCUT2D eigenvalue weighted by Crippen LogP contribution is 2.27. The number of hydrogen-bond donors (Lipinski definition) is 0. The van der Waals surface area contributed by atoms with Crippen molar-refractivity contribution in [2.45, 2.75) is 51.4 Å². The third kappa shape index (κ3) is 4.23. The van der Waals surface area contributed by atoms with Gasteiger partial charge in [0.2, 0.25) is 11.8 Å². The highest BCUT2D eigenvalue weighted by atomic mass is 16.2. The van der Waals surface area contributed by atoms with Crippen LogP contribution in [0.4, 0.5) is 0 Å². The van der Waals surface area contributed by atoms with Gasteiger partial charge < -0.3 is 9.80 Å². The molecule has 4 heteroatoms. The summed E-state index contributed by atoms with van der Waals surface area (Å²) in [7, 11) is 0. The van der Waals surface area contributed by atoms with E-state index < -0.39 is 0 Å². The van der Waals surface area contributed by atoms with Gasteiger partial charge in [0.25, 0.3) is 0 Å². The second-order valence-electron chi connectivity index (χ2n) is 7.36. The molecule has 2 saturated heterocycles. The first-order valence-corrected chi connectivity index (χ1v) is 9.83. The molecule has 0 saturated carbocycles. The molecule has 2 heterocycles. The lowest BCUT2D eigenvalue weighted by molar-refractivity contribution is -0.142. The molecule has 1 aromatic carbocycles. The van der Waals surface area contributed by atoms with Crippen LogP contribution in [0.25, 0.3) is 0 Å². The number of nitrogens with zero attached hydrogens (tertiary/aromatic N) is 2. The summed E-state index contributed by atoms with van der Waals surface area (Å²) in [6.45, 7) is 5.34. The molecule has 0 radical (unpaired) electrons. The monoisotopic (exact) mass is 342 g/mol. The Balaban J connectivity index is 1.56. The van der Waals surface area contributed by atoms with Crippen LogP contribution in [0.3, 0.4) is 0 Å². The second-order valence-corrected chi connectivity index (χ2v) is 7.36. The predicted molar refractivity (Wildman–Crippen MR) is 99.2 cm³/mol. The van der Waals surface area contributed by atoms with Crippen LogP contribution in [0.15, 0.2) is 30.3 Å². The van der Waals surface area contributed by atoms with E-state index in [0.29, 0.717) is 19.0 Å². The van der Waals surface area contributed by atoms with Gasteiger partial charge in [-0.3, -0.25) is 9.59 Å². The Morgan fingerprint density at radius 1 is 0.960 bits per heavy atom. The fourth-order valence-electron chi connectivity index (χ4n) is 4.18. The molecule has 0 N–H and O–H groups in total. The molecular formula is C21H30N2O2. The molecule has 4 nitrogen and oxygen atoms in total. The van der Waals surface area contributed by atoms with E-state index in [4.69, 9.17) is 0 Å². The van der Waals surface area contributed by atoms with Crippen LogP contribution >= 0.6 is 0 Å². The van der Waals surface area contributed by atoms with Crippen molar-refractivity contribution in [3.8, 4) is 0 Å². The zero-order chi connectivity index (χ0) is 17.6. The van der Waals surface area contributed by atoms with Crippen molar-refractivity contribution in [1.29, 1.82) is 0 Å². The van der Waals surface area contributed by atoms with Crippen LogP contribution in [0.2, 0.25) is 0 Å². The minimum Gasteiger partial charge on any atom is -0.342 e. The third-order valence-corrected chi connectivity index (χ3v) is 5.73. The maximum absolute atomic E-state index is 12.9. The lowest BCUT2D eigenvalue weighted by atomic mass is 9.91. The number of likely N-dealkylation sites (tertiary alicyclic amines) is 2. The summed E-state index contributed by atoms with van der Waals surface area (Å²) in [5, 5.41) is 0. The van der Waals surface area contributed by atoms with E-state index in [1.165, 1.54) is 6.42 Å². The second kappa shape index (κ2) is 8.50. The first-order chi connectivity index (χ1) is 12.2. The number of benzene rings is 1. The summed E-state index contributed by atoms with van der Waals surface area (Å²) in [5.41, 5.74) is 1.10.